The van der Waals surface area contributed by atoms with Gasteiger partial charge in [0.15, 0.2) is 5.78 Å². The molecule has 0 aliphatic rings. The summed E-state index contributed by atoms with van der Waals surface area (Å²) in [6.45, 7) is 1.47. The molecule has 2 N–H and O–H groups in total. The van der Waals surface area contributed by atoms with Crippen molar-refractivity contribution in [1.82, 2.24) is 4.98 Å². The third kappa shape index (κ3) is 4.35. The van der Waals surface area contributed by atoms with Crippen molar-refractivity contribution in [3.63, 3.8) is 0 Å². The number of amides is 1. The van der Waals surface area contributed by atoms with Gasteiger partial charge in [0.25, 0.3) is 5.91 Å². The van der Waals surface area contributed by atoms with E-state index in [4.69, 9.17) is 5.26 Å². The maximum Gasteiger partial charge on any atom is 0.274 e. The highest BCUT2D eigenvalue weighted by molar-refractivity contribution is 6.04. The lowest BCUT2D eigenvalue weighted by molar-refractivity contribution is 0.100. The first-order valence-corrected chi connectivity index (χ1v) is 8.21. The minimum absolute atomic E-state index is 0.0719. The van der Waals surface area contributed by atoms with Crippen LogP contribution in [0.5, 0.6) is 0 Å². The number of rotatable bonds is 5. The number of nitrogens with zero attached hydrogens (tertiary/aromatic N) is 2. The highest BCUT2D eigenvalue weighted by Crippen LogP contribution is 2.20. The minimum Gasteiger partial charge on any atom is -0.353 e. The summed E-state index contributed by atoms with van der Waals surface area (Å²) in [4.78, 5) is 27.9. The molecular weight excluding hydrogens is 340 g/mol. The van der Waals surface area contributed by atoms with Gasteiger partial charge >= 0.3 is 0 Å². The lowest BCUT2D eigenvalue weighted by Gasteiger charge is -2.09. The molecule has 0 fully saturated rings. The molecule has 132 valence electrons. The van der Waals surface area contributed by atoms with E-state index < -0.39 is 0 Å². The topological polar surface area (TPSA) is 94.9 Å². The Hall–Kier alpha value is -3.98. The zero-order valence-corrected chi connectivity index (χ0v) is 14.6. The van der Waals surface area contributed by atoms with Crippen LogP contribution in [0.15, 0.2) is 66.9 Å². The van der Waals surface area contributed by atoms with Gasteiger partial charge in [-0.1, -0.05) is 24.3 Å². The molecule has 0 saturated carbocycles. The molecule has 0 aliphatic heterocycles. The summed E-state index contributed by atoms with van der Waals surface area (Å²) < 4.78 is 0. The van der Waals surface area contributed by atoms with E-state index in [1.807, 2.05) is 6.07 Å². The summed E-state index contributed by atoms with van der Waals surface area (Å²) in [6, 6.07) is 19.3. The Bertz CT molecular complexity index is 1040. The van der Waals surface area contributed by atoms with Crippen LogP contribution in [0.4, 0.5) is 17.1 Å². The maximum atomic E-state index is 12.3. The number of carbonyl (C=O) groups is 2. The fourth-order valence-electron chi connectivity index (χ4n) is 2.46. The molecule has 3 aromatic rings. The Morgan fingerprint density at radius 1 is 1.00 bits per heavy atom. The number of carbonyl (C=O) groups excluding carboxylic acids is 2. The lowest BCUT2D eigenvalue weighted by Crippen LogP contribution is -2.14. The fraction of sp³-hybridized carbons (Fsp3) is 0.0476. The van der Waals surface area contributed by atoms with Gasteiger partial charge in [0.1, 0.15) is 11.8 Å². The van der Waals surface area contributed by atoms with Gasteiger partial charge in [0, 0.05) is 11.3 Å². The van der Waals surface area contributed by atoms with Gasteiger partial charge in [-0.3, -0.25) is 9.59 Å². The Kier molecular flexibility index (Phi) is 5.24. The van der Waals surface area contributed by atoms with Gasteiger partial charge in [-0.25, -0.2) is 4.98 Å². The molecule has 2 aromatic carbocycles. The first kappa shape index (κ1) is 17.8. The maximum absolute atomic E-state index is 12.3. The zero-order valence-electron chi connectivity index (χ0n) is 14.6. The molecule has 0 aliphatic carbocycles. The summed E-state index contributed by atoms with van der Waals surface area (Å²) in [6.07, 6.45) is 1.52. The Balaban J connectivity index is 1.71. The summed E-state index contributed by atoms with van der Waals surface area (Å²) in [5, 5.41) is 15.0. The second-order valence-corrected chi connectivity index (χ2v) is 5.81. The van der Waals surface area contributed by atoms with Crippen LogP contribution < -0.4 is 10.6 Å². The highest BCUT2D eigenvalue weighted by Gasteiger charge is 2.09. The van der Waals surface area contributed by atoms with Crippen LogP contribution in [0.3, 0.4) is 0 Å². The molecule has 0 saturated heterocycles. The Labute approximate surface area is 156 Å². The van der Waals surface area contributed by atoms with Crippen molar-refractivity contribution in [2.24, 2.45) is 0 Å². The van der Waals surface area contributed by atoms with Gasteiger partial charge in [-0.05, 0) is 43.3 Å². The summed E-state index contributed by atoms with van der Waals surface area (Å²) in [5.74, 6) is -0.447. The first-order chi connectivity index (χ1) is 13.1. The van der Waals surface area contributed by atoms with E-state index in [1.165, 1.54) is 13.1 Å². The SMILES string of the molecule is CC(=O)c1cccc(NC(=O)c2ccc(Nc3ccccc3C#N)cn2)c1. The van der Waals surface area contributed by atoms with E-state index in [-0.39, 0.29) is 17.4 Å². The number of anilines is 3. The average molecular weight is 356 g/mol. The largest absolute Gasteiger partial charge is 0.353 e. The predicted molar refractivity (Wildman–Crippen MR) is 103 cm³/mol. The standard InChI is InChI=1S/C21H16N4O2/c1-14(26)15-6-4-7-17(11-15)25-21(27)20-10-9-18(13-23-20)24-19-8-3-2-5-16(19)12-22/h2-11,13,24H,1H3,(H,25,27). The van der Waals surface area contributed by atoms with E-state index in [1.54, 1.807) is 54.6 Å². The summed E-state index contributed by atoms with van der Waals surface area (Å²) in [5.41, 5.74) is 3.14. The number of para-hydroxylation sites is 1. The van der Waals surface area contributed by atoms with E-state index in [9.17, 15) is 9.59 Å². The molecule has 0 spiro atoms. The van der Waals surface area contributed by atoms with E-state index in [0.29, 0.717) is 28.2 Å². The van der Waals surface area contributed by atoms with Crippen LogP contribution in [0.25, 0.3) is 0 Å². The van der Waals surface area contributed by atoms with Crippen molar-refractivity contribution in [3.05, 3.63) is 83.7 Å². The number of hydrogen-bond donors (Lipinski definition) is 2. The molecule has 3 rings (SSSR count). The second-order valence-electron chi connectivity index (χ2n) is 5.81. The molecule has 6 nitrogen and oxygen atoms in total. The van der Waals surface area contributed by atoms with E-state index >= 15 is 0 Å². The number of nitrogens with one attached hydrogen (secondary N) is 2. The van der Waals surface area contributed by atoms with E-state index in [2.05, 4.69) is 21.7 Å². The molecule has 0 bridgehead atoms. The van der Waals surface area contributed by atoms with Crippen LogP contribution >= 0.6 is 0 Å². The third-order valence-corrected chi connectivity index (χ3v) is 3.85. The van der Waals surface area contributed by atoms with Crippen molar-refractivity contribution < 1.29 is 9.59 Å². The monoisotopic (exact) mass is 356 g/mol. The minimum atomic E-state index is -0.375. The molecule has 6 heteroatoms. The van der Waals surface area contributed by atoms with Crippen LogP contribution in [0.2, 0.25) is 0 Å². The zero-order chi connectivity index (χ0) is 19.2. The van der Waals surface area contributed by atoms with Crippen molar-refractivity contribution >= 4 is 28.8 Å². The number of Topliss-reactive ketones (excluding diaryl/α,β-unsaturated/α-hetero) is 1. The van der Waals surface area contributed by atoms with Crippen molar-refractivity contribution in [2.45, 2.75) is 6.92 Å². The Morgan fingerprint density at radius 2 is 1.81 bits per heavy atom. The number of benzene rings is 2. The second kappa shape index (κ2) is 7.93. The molecule has 0 radical (unpaired) electrons. The molecule has 1 heterocycles. The predicted octanol–water partition coefficient (Wildman–Crippen LogP) is 4.15. The number of aromatic nitrogens is 1. The molecular formula is C21H16N4O2. The average Bonchev–Trinajstić information content (AvgIpc) is 2.69. The van der Waals surface area contributed by atoms with Gasteiger partial charge in [0.05, 0.1) is 23.1 Å². The van der Waals surface area contributed by atoms with E-state index in [0.717, 1.165) is 0 Å². The highest BCUT2D eigenvalue weighted by atomic mass is 16.2. The van der Waals surface area contributed by atoms with Crippen molar-refractivity contribution in [2.75, 3.05) is 10.6 Å². The van der Waals surface area contributed by atoms with Crippen LogP contribution in [0, 0.1) is 11.3 Å². The molecule has 1 amide bonds. The van der Waals surface area contributed by atoms with Crippen LogP contribution in [-0.4, -0.2) is 16.7 Å². The normalized spacial score (nSPS) is 9.93. The number of ketones is 1. The van der Waals surface area contributed by atoms with Gasteiger partial charge in [-0.2, -0.15) is 5.26 Å². The molecule has 27 heavy (non-hydrogen) atoms. The summed E-state index contributed by atoms with van der Waals surface area (Å²) in [7, 11) is 0. The van der Waals surface area contributed by atoms with Crippen LogP contribution in [-0.2, 0) is 0 Å². The van der Waals surface area contributed by atoms with Gasteiger partial charge < -0.3 is 10.6 Å². The molecule has 1 aromatic heterocycles. The third-order valence-electron chi connectivity index (χ3n) is 3.85. The number of pyridine rings is 1. The Morgan fingerprint density at radius 3 is 2.52 bits per heavy atom. The quantitative estimate of drug-likeness (QED) is 0.670. The van der Waals surface area contributed by atoms with Gasteiger partial charge in [0.2, 0.25) is 0 Å². The lowest BCUT2D eigenvalue weighted by atomic mass is 10.1. The smallest absolute Gasteiger partial charge is 0.274 e. The first-order valence-electron chi connectivity index (χ1n) is 8.21. The van der Waals surface area contributed by atoms with Crippen LogP contribution in [0.1, 0.15) is 33.3 Å². The number of nitriles is 1. The summed E-state index contributed by atoms with van der Waals surface area (Å²) >= 11 is 0. The van der Waals surface area contributed by atoms with Gasteiger partial charge in [-0.15, -0.1) is 0 Å². The van der Waals surface area contributed by atoms with Crippen molar-refractivity contribution in [3.8, 4) is 6.07 Å². The molecule has 0 atom stereocenters. The molecule has 0 unspecified atom stereocenters. The fourth-order valence-corrected chi connectivity index (χ4v) is 2.46. The van der Waals surface area contributed by atoms with Crippen molar-refractivity contribution in [1.29, 1.82) is 5.26 Å². The number of hydrogen-bond acceptors (Lipinski definition) is 5.